The van der Waals surface area contributed by atoms with Gasteiger partial charge in [0.05, 0.1) is 18.6 Å². The molecule has 6 heteroatoms. The molecule has 1 N–H and O–H groups in total. The fourth-order valence-electron chi connectivity index (χ4n) is 1.94. The van der Waals surface area contributed by atoms with Gasteiger partial charge in [0.15, 0.2) is 0 Å². The van der Waals surface area contributed by atoms with Gasteiger partial charge in [-0.3, -0.25) is 14.9 Å². The molecule has 0 aliphatic rings. The molecule has 0 fully saturated rings. The number of halogens is 1. The first-order valence-corrected chi connectivity index (χ1v) is 7.73. The first-order chi connectivity index (χ1) is 10.5. The minimum Gasteiger partial charge on any atom is -0.465 e. The molecule has 1 aromatic rings. The van der Waals surface area contributed by atoms with E-state index in [9.17, 15) is 9.59 Å². The number of carbonyl (C=O) groups is 2. The van der Waals surface area contributed by atoms with Crippen molar-refractivity contribution in [1.29, 1.82) is 0 Å². The van der Waals surface area contributed by atoms with Gasteiger partial charge in [0.2, 0.25) is 0 Å². The summed E-state index contributed by atoms with van der Waals surface area (Å²) in [5.74, 6) is -0.934. The van der Waals surface area contributed by atoms with Crippen LogP contribution in [0, 0.1) is 0 Å². The number of alkyl halides is 1. The number of rotatable bonds is 8. The summed E-state index contributed by atoms with van der Waals surface area (Å²) in [6.45, 7) is 5.58. The number of ether oxygens (including phenoxy) is 2. The zero-order valence-electron chi connectivity index (χ0n) is 13.0. The van der Waals surface area contributed by atoms with Crippen molar-refractivity contribution < 1.29 is 19.1 Å². The average Bonchev–Trinajstić information content (AvgIpc) is 2.53. The average molecular weight is 328 g/mol. The van der Waals surface area contributed by atoms with E-state index >= 15 is 0 Å². The highest BCUT2D eigenvalue weighted by atomic mass is 35.5. The van der Waals surface area contributed by atoms with Gasteiger partial charge in [-0.25, -0.2) is 0 Å². The molecule has 0 aliphatic carbocycles. The summed E-state index contributed by atoms with van der Waals surface area (Å²) >= 11 is 6.41. The molecule has 0 spiro atoms. The normalized spacial score (nSPS) is 14.7. The van der Waals surface area contributed by atoms with Crippen LogP contribution in [0.15, 0.2) is 30.3 Å². The molecule has 3 atom stereocenters. The Morgan fingerprint density at radius 2 is 1.64 bits per heavy atom. The van der Waals surface area contributed by atoms with E-state index in [0.29, 0.717) is 0 Å². The fourth-order valence-corrected chi connectivity index (χ4v) is 2.26. The fraction of sp³-hybridized carbons (Fsp3) is 0.500. The molecule has 1 rings (SSSR count). The van der Waals surface area contributed by atoms with Crippen LogP contribution in [0.3, 0.4) is 0 Å². The standard InChI is InChI=1S/C16H22ClNO4/c1-4-21-15(19)11(3)18-14(16(20)22-5-2)13(17)12-9-7-6-8-10-12/h6-11,13-14,18H,4-5H2,1-3H3/t11?,13-,14-/m0/s1. The largest absolute Gasteiger partial charge is 0.465 e. The number of nitrogens with one attached hydrogen (secondary N) is 1. The van der Waals surface area contributed by atoms with E-state index in [4.69, 9.17) is 21.1 Å². The topological polar surface area (TPSA) is 64.6 Å². The molecule has 0 bridgehead atoms. The van der Waals surface area contributed by atoms with E-state index in [-0.39, 0.29) is 13.2 Å². The van der Waals surface area contributed by atoms with E-state index < -0.39 is 29.4 Å². The zero-order valence-corrected chi connectivity index (χ0v) is 13.8. The minimum absolute atomic E-state index is 0.239. The van der Waals surface area contributed by atoms with Crippen LogP contribution in [0.5, 0.6) is 0 Å². The number of carbonyl (C=O) groups excluding carboxylic acids is 2. The SMILES string of the molecule is CCOC(=O)C(C)N[C@H](C(=O)OCC)[C@@H](Cl)c1ccccc1. The van der Waals surface area contributed by atoms with Gasteiger partial charge in [0.1, 0.15) is 12.1 Å². The van der Waals surface area contributed by atoms with Gasteiger partial charge in [-0.1, -0.05) is 30.3 Å². The smallest absolute Gasteiger partial charge is 0.325 e. The molecule has 0 saturated carbocycles. The lowest BCUT2D eigenvalue weighted by Crippen LogP contribution is -2.49. The van der Waals surface area contributed by atoms with Crippen molar-refractivity contribution >= 4 is 23.5 Å². The maximum atomic E-state index is 12.2. The van der Waals surface area contributed by atoms with Gasteiger partial charge in [-0.05, 0) is 26.3 Å². The molecule has 1 aromatic carbocycles. The zero-order chi connectivity index (χ0) is 16.5. The summed E-state index contributed by atoms with van der Waals surface area (Å²) in [5, 5.41) is 2.25. The summed E-state index contributed by atoms with van der Waals surface area (Å²) in [4.78, 5) is 23.9. The van der Waals surface area contributed by atoms with Crippen molar-refractivity contribution in [3.63, 3.8) is 0 Å². The van der Waals surface area contributed by atoms with E-state index in [1.165, 1.54) is 0 Å². The monoisotopic (exact) mass is 327 g/mol. The Balaban J connectivity index is 2.88. The summed E-state index contributed by atoms with van der Waals surface area (Å²) in [7, 11) is 0. The van der Waals surface area contributed by atoms with Crippen molar-refractivity contribution in [2.75, 3.05) is 13.2 Å². The molecular formula is C16H22ClNO4. The second kappa shape index (κ2) is 9.43. The van der Waals surface area contributed by atoms with Crippen LogP contribution in [0.4, 0.5) is 0 Å². The van der Waals surface area contributed by atoms with Gasteiger partial charge < -0.3 is 9.47 Å². The molecule has 5 nitrogen and oxygen atoms in total. The van der Waals surface area contributed by atoms with Crippen LogP contribution >= 0.6 is 11.6 Å². The lowest BCUT2D eigenvalue weighted by Gasteiger charge is -2.25. The molecule has 0 saturated heterocycles. The van der Waals surface area contributed by atoms with Crippen molar-refractivity contribution in [3.8, 4) is 0 Å². The van der Waals surface area contributed by atoms with Crippen molar-refractivity contribution in [1.82, 2.24) is 5.32 Å². The van der Waals surface area contributed by atoms with Crippen molar-refractivity contribution in [3.05, 3.63) is 35.9 Å². The van der Waals surface area contributed by atoms with Crippen LogP contribution in [0.1, 0.15) is 31.7 Å². The third-order valence-corrected chi connectivity index (χ3v) is 3.52. The molecule has 0 aromatic heterocycles. The van der Waals surface area contributed by atoms with Gasteiger partial charge in [0, 0.05) is 0 Å². The van der Waals surface area contributed by atoms with Gasteiger partial charge in [-0.15, -0.1) is 11.6 Å². The third-order valence-electron chi connectivity index (χ3n) is 3.02. The van der Waals surface area contributed by atoms with E-state index in [2.05, 4.69) is 5.32 Å². The molecule has 0 amide bonds. The van der Waals surface area contributed by atoms with Crippen LogP contribution in [-0.4, -0.2) is 37.2 Å². The number of hydrogen-bond donors (Lipinski definition) is 1. The predicted molar refractivity (Wildman–Crippen MR) is 84.7 cm³/mol. The second-order valence-corrected chi connectivity index (χ2v) is 5.15. The van der Waals surface area contributed by atoms with E-state index in [1.807, 2.05) is 30.3 Å². The maximum absolute atomic E-state index is 12.2. The Morgan fingerprint density at radius 3 is 2.18 bits per heavy atom. The Morgan fingerprint density at radius 1 is 1.09 bits per heavy atom. The number of hydrogen-bond acceptors (Lipinski definition) is 5. The van der Waals surface area contributed by atoms with Crippen molar-refractivity contribution in [2.45, 2.75) is 38.2 Å². The van der Waals surface area contributed by atoms with Crippen LogP contribution < -0.4 is 5.32 Å². The molecule has 0 radical (unpaired) electrons. The summed E-state index contributed by atoms with van der Waals surface area (Å²) in [6.07, 6.45) is 0. The Bertz CT molecular complexity index is 480. The van der Waals surface area contributed by atoms with E-state index in [1.54, 1.807) is 20.8 Å². The molecule has 1 unspecified atom stereocenters. The minimum atomic E-state index is -0.844. The second-order valence-electron chi connectivity index (χ2n) is 4.68. The van der Waals surface area contributed by atoms with Gasteiger partial charge in [-0.2, -0.15) is 0 Å². The first kappa shape index (κ1) is 18.5. The van der Waals surface area contributed by atoms with Gasteiger partial charge in [0.25, 0.3) is 0 Å². The van der Waals surface area contributed by atoms with Gasteiger partial charge >= 0.3 is 11.9 Å². The molecule has 22 heavy (non-hydrogen) atoms. The highest BCUT2D eigenvalue weighted by molar-refractivity contribution is 6.22. The highest BCUT2D eigenvalue weighted by Gasteiger charge is 2.32. The van der Waals surface area contributed by atoms with Crippen LogP contribution in [0.25, 0.3) is 0 Å². The van der Waals surface area contributed by atoms with Crippen LogP contribution in [0.2, 0.25) is 0 Å². The highest BCUT2D eigenvalue weighted by Crippen LogP contribution is 2.25. The summed E-state index contributed by atoms with van der Waals surface area (Å²) < 4.78 is 9.98. The lowest BCUT2D eigenvalue weighted by molar-refractivity contribution is -0.148. The van der Waals surface area contributed by atoms with Crippen LogP contribution in [-0.2, 0) is 19.1 Å². The third kappa shape index (κ3) is 5.31. The van der Waals surface area contributed by atoms with E-state index in [0.717, 1.165) is 5.56 Å². The summed E-state index contributed by atoms with van der Waals surface area (Å²) in [5.41, 5.74) is 0.769. The Hall–Kier alpha value is -1.59. The Kier molecular flexibility index (Phi) is 7.91. The number of benzene rings is 1. The molecule has 0 heterocycles. The predicted octanol–water partition coefficient (Wildman–Crippen LogP) is 2.44. The lowest BCUT2D eigenvalue weighted by atomic mass is 10.0. The first-order valence-electron chi connectivity index (χ1n) is 7.29. The number of esters is 2. The molecule has 122 valence electrons. The summed E-state index contributed by atoms with van der Waals surface area (Å²) in [6, 6.07) is 7.66. The Labute approximate surface area is 135 Å². The quantitative estimate of drug-likeness (QED) is 0.587. The maximum Gasteiger partial charge on any atom is 0.325 e. The van der Waals surface area contributed by atoms with Crippen molar-refractivity contribution in [2.24, 2.45) is 0 Å². The molecular weight excluding hydrogens is 306 g/mol. The molecule has 0 aliphatic heterocycles.